The minimum atomic E-state index is -4.71. The van der Waals surface area contributed by atoms with Gasteiger partial charge in [0.15, 0.2) is 0 Å². The summed E-state index contributed by atoms with van der Waals surface area (Å²) in [5, 5.41) is 5.10. The van der Waals surface area contributed by atoms with Gasteiger partial charge in [-0.05, 0) is 17.7 Å². The zero-order valence-electron chi connectivity index (χ0n) is 8.54. The summed E-state index contributed by atoms with van der Waals surface area (Å²) in [7, 11) is 0. The Bertz CT molecular complexity index is 434. The SMILES string of the molecule is O=C1NC[C@H](c2cccc(OC(F)(F)F)c2)N1. The highest BCUT2D eigenvalue weighted by Gasteiger charge is 2.31. The molecular weight excluding hydrogens is 237 g/mol. The predicted octanol–water partition coefficient (Wildman–Crippen LogP) is 1.94. The van der Waals surface area contributed by atoms with Gasteiger partial charge >= 0.3 is 12.4 Å². The lowest BCUT2D eigenvalue weighted by Crippen LogP contribution is -2.22. The molecule has 1 saturated heterocycles. The number of rotatable bonds is 2. The summed E-state index contributed by atoms with van der Waals surface area (Å²) in [6, 6.07) is 4.87. The molecule has 1 aromatic carbocycles. The van der Waals surface area contributed by atoms with Crippen molar-refractivity contribution >= 4 is 6.03 Å². The Morgan fingerprint density at radius 2 is 2.12 bits per heavy atom. The molecule has 0 aliphatic carbocycles. The van der Waals surface area contributed by atoms with Crippen LogP contribution >= 0.6 is 0 Å². The number of benzene rings is 1. The van der Waals surface area contributed by atoms with Gasteiger partial charge in [0.1, 0.15) is 5.75 Å². The van der Waals surface area contributed by atoms with Crippen molar-refractivity contribution in [2.24, 2.45) is 0 Å². The number of hydrogen-bond donors (Lipinski definition) is 2. The van der Waals surface area contributed by atoms with Crippen LogP contribution in [0.3, 0.4) is 0 Å². The van der Waals surface area contributed by atoms with E-state index in [0.29, 0.717) is 12.1 Å². The van der Waals surface area contributed by atoms with Gasteiger partial charge in [0.2, 0.25) is 0 Å². The van der Waals surface area contributed by atoms with E-state index in [-0.39, 0.29) is 17.8 Å². The van der Waals surface area contributed by atoms with E-state index in [2.05, 4.69) is 15.4 Å². The van der Waals surface area contributed by atoms with Crippen LogP contribution in [0.4, 0.5) is 18.0 Å². The third kappa shape index (κ3) is 3.02. The summed E-state index contributed by atoms with van der Waals surface area (Å²) in [6.45, 7) is 0.342. The minimum absolute atomic E-state index is 0.295. The molecule has 1 aliphatic rings. The normalized spacial score (nSPS) is 19.7. The first-order chi connectivity index (χ1) is 7.94. The Morgan fingerprint density at radius 1 is 1.35 bits per heavy atom. The van der Waals surface area contributed by atoms with Crippen molar-refractivity contribution in [1.29, 1.82) is 0 Å². The molecule has 0 saturated carbocycles. The number of ether oxygens (including phenoxy) is 1. The third-order valence-electron chi connectivity index (χ3n) is 2.27. The lowest BCUT2D eigenvalue weighted by Gasteiger charge is -2.12. The fraction of sp³-hybridized carbons (Fsp3) is 0.300. The van der Waals surface area contributed by atoms with Crippen molar-refractivity contribution in [3.63, 3.8) is 0 Å². The number of hydrogen-bond acceptors (Lipinski definition) is 2. The summed E-state index contributed by atoms with van der Waals surface area (Å²) in [6.07, 6.45) is -4.71. The summed E-state index contributed by atoms with van der Waals surface area (Å²) >= 11 is 0. The third-order valence-corrected chi connectivity index (χ3v) is 2.27. The van der Waals surface area contributed by atoms with Crippen LogP contribution in [0.15, 0.2) is 24.3 Å². The Kier molecular flexibility index (Phi) is 2.83. The fourth-order valence-electron chi connectivity index (χ4n) is 1.58. The van der Waals surface area contributed by atoms with Gasteiger partial charge in [-0.2, -0.15) is 0 Å². The van der Waals surface area contributed by atoms with E-state index in [1.807, 2.05) is 0 Å². The predicted molar refractivity (Wildman–Crippen MR) is 52.4 cm³/mol. The van der Waals surface area contributed by atoms with Crippen LogP contribution in [0.5, 0.6) is 5.75 Å². The Labute approximate surface area is 94.8 Å². The van der Waals surface area contributed by atoms with Gasteiger partial charge in [-0.25, -0.2) is 4.79 Å². The van der Waals surface area contributed by atoms with Gasteiger partial charge in [-0.15, -0.1) is 13.2 Å². The number of halogens is 3. The molecule has 0 unspecified atom stereocenters. The second-order valence-electron chi connectivity index (χ2n) is 3.53. The van der Waals surface area contributed by atoms with Crippen molar-refractivity contribution in [2.45, 2.75) is 12.4 Å². The second kappa shape index (κ2) is 4.15. The van der Waals surface area contributed by atoms with Crippen LogP contribution in [-0.2, 0) is 0 Å². The second-order valence-corrected chi connectivity index (χ2v) is 3.53. The molecule has 0 aromatic heterocycles. The first-order valence-electron chi connectivity index (χ1n) is 4.84. The maximum atomic E-state index is 12.0. The molecule has 7 heteroatoms. The summed E-state index contributed by atoms with van der Waals surface area (Å²) in [5.74, 6) is -0.295. The van der Waals surface area contributed by atoms with Crippen LogP contribution in [0, 0.1) is 0 Å². The zero-order chi connectivity index (χ0) is 12.5. The number of urea groups is 1. The molecule has 2 N–H and O–H groups in total. The van der Waals surface area contributed by atoms with E-state index >= 15 is 0 Å². The highest BCUT2D eigenvalue weighted by molar-refractivity contribution is 5.76. The van der Waals surface area contributed by atoms with E-state index in [0.717, 1.165) is 0 Å². The number of amides is 2. The van der Waals surface area contributed by atoms with Crippen LogP contribution in [0.2, 0.25) is 0 Å². The molecule has 2 rings (SSSR count). The van der Waals surface area contributed by atoms with Gasteiger partial charge in [0, 0.05) is 6.54 Å². The van der Waals surface area contributed by atoms with Crippen LogP contribution in [0.25, 0.3) is 0 Å². The number of carbonyl (C=O) groups excluding carboxylic acids is 1. The molecule has 0 radical (unpaired) electrons. The molecule has 92 valence electrons. The minimum Gasteiger partial charge on any atom is -0.406 e. The molecule has 1 aromatic rings. The van der Waals surface area contributed by atoms with Crippen molar-refractivity contribution in [1.82, 2.24) is 10.6 Å². The van der Waals surface area contributed by atoms with Crippen LogP contribution < -0.4 is 15.4 Å². The molecular formula is C10H9F3N2O2. The van der Waals surface area contributed by atoms with Crippen molar-refractivity contribution in [2.75, 3.05) is 6.54 Å². The number of carbonyl (C=O) groups is 1. The Balaban J connectivity index is 2.14. The maximum Gasteiger partial charge on any atom is 0.573 e. The van der Waals surface area contributed by atoms with E-state index in [9.17, 15) is 18.0 Å². The molecule has 1 heterocycles. The first kappa shape index (κ1) is 11.6. The standard InChI is InChI=1S/C10H9F3N2O2/c11-10(12,13)17-7-3-1-2-6(4-7)8-5-14-9(16)15-8/h1-4,8H,5H2,(H2,14,15,16)/t8-/m1/s1. The average Bonchev–Trinajstić information content (AvgIpc) is 2.63. The van der Waals surface area contributed by atoms with E-state index in [4.69, 9.17) is 0 Å². The topological polar surface area (TPSA) is 50.4 Å². The summed E-state index contributed by atoms with van der Waals surface area (Å²) < 4.78 is 39.8. The largest absolute Gasteiger partial charge is 0.573 e. The fourth-order valence-corrected chi connectivity index (χ4v) is 1.58. The molecule has 2 amide bonds. The molecule has 1 aliphatic heterocycles. The quantitative estimate of drug-likeness (QED) is 0.837. The Morgan fingerprint density at radius 3 is 2.71 bits per heavy atom. The van der Waals surface area contributed by atoms with Gasteiger partial charge in [0.25, 0.3) is 0 Å². The van der Waals surface area contributed by atoms with Gasteiger partial charge in [0.05, 0.1) is 6.04 Å². The molecule has 0 spiro atoms. The molecule has 1 fully saturated rings. The Hall–Kier alpha value is -1.92. The lowest BCUT2D eigenvalue weighted by atomic mass is 10.1. The highest BCUT2D eigenvalue weighted by atomic mass is 19.4. The van der Waals surface area contributed by atoms with Gasteiger partial charge in [-0.3, -0.25) is 0 Å². The van der Waals surface area contributed by atoms with Crippen molar-refractivity contribution in [3.8, 4) is 5.75 Å². The highest BCUT2D eigenvalue weighted by Crippen LogP contribution is 2.26. The molecule has 0 bridgehead atoms. The smallest absolute Gasteiger partial charge is 0.406 e. The number of alkyl halides is 3. The molecule has 4 nitrogen and oxygen atoms in total. The van der Waals surface area contributed by atoms with Crippen molar-refractivity contribution < 1.29 is 22.7 Å². The van der Waals surface area contributed by atoms with Gasteiger partial charge < -0.3 is 15.4 Å². The monoisotopic (exact) mass is 246 g/mol. The van der Waals surface area contributed by atoms with Crippen LogP contribution in [0.1, 0.15) is 11.6 Å². The lowest BCUT2D eigenvalue weighted by molar-refractivity contribution is -0.274. The molecule has 17 heavy (non-hydrogen) atoms. The number of nitrogens with one attached hydrogen (secondary N) is 2. The van der Waals surface area contributed by atoms with E-state index in [1.165, 1.54) is 18.2 Å². The van der Waals surface area contributed by atoms with Crippen LogP contribution in [-0.4, -0.2) is 18.9 Å². The van der Waals surface area contributed by atoms with Gasteiger partial charge in [-0.1, -0.05) is 12.1 Å². The average molecular weight is 246 g/mol. The van der Waals surface area contributed by atoms with E-state index in [1.54, 1.807) is 6.07 Å². The van der Waals surface area contributed by atoms with Crippen molar-refractivity contribution in [3.05, 3.63) is 29.8 Å². The maximum absolute atomic E-state index is 12.0. The summed E-state index contributed by atoms with van der Waals surface area (Å²) in [4.78, 5) is 10.9. The van der Waals surface area contributed by atoms with E-state index < -0.39 is 6.36 Å². The zero-order valence-corrected chi connectivity index (χ0v) is 8.54. The first-order valence-corrected chi connectivity index (χ1v) is 4.84. The summed E-state index contributed by atoms with van der Waals surface area (Å²) in [5.41, 5.74) is 0.560. The molecule has 1 atom stereocenters.